The lowest BCUT2D eigenvalue weighted by Crippen LogP contribution is -2.56. The first-order chi connectivity index (χ1) is 21.6. The number of rotatable bonds is 17. The Balaban J connectivity index is 1.76. The summed E-state index contributed by atoms with van der Waals surface area (Å²) in [4.78, 5) is 45.1. The zero-order valence-corrected chi connectivity index (χ0v) is 28.3. The van der Waals surface area contributed by atoms with Gasteiger partial charge in [0.25, 0.3) is 0 Å². The number of aliphatic hydroxyl groups excluding tert-OH is 2. The van der Waals surface area contributed by atoms with Gasteiger partial charge in [-0.05, 0) is 50.1 Å². The van der Waals surface area contributed by atoms with Gasteiger partial charge >= 0.3 is 0 Å². The summed E-state index contributed by atoms with van der Waals surface area (Å²) >= 11 is 0. The van der Waals surface area contributed by atoms with Crippen LogP contribution in [0.25, 0.3) is 0 Å². The topological polar surface area (TPSA) is 122 Å². The largest absolute Gasteiger partial charge is 0.390 e. The van der Waals surface area contributed by atoms with E-state index in [-0.39, 0.29) is 30.1 Å². The molecule has 45 heavy (non-hydrogen) atoms. The van der Waals surface area contributed by atoms with E-state index in [0.717, 1.165) is 57.2 Å². The monoisotopic (exact) mass is 628 g/mol. The summed E-state index contributed by atoms with van der Waals surface area (Å²) in [5, 5.41) is 28.2. The molecule has 5 atom stereocenters. The van der Waals surface area contributed by atoms with Crippen molar-refractivity contribution in [2.24, 2.45) is 17.8 Å². The Morgan fingerprint density at radius 1 is 0.933 bits per heavy atom. The lowest BCUT2D eigenvalue weighted by atomic mass is 9.82. The second-order valence-electron chi connectivity index (χ2n) is 14.0. The minimum Gasteiger partial charge on any atom is -0.390 e. The van der Waals surface area contributed by atoms with Gasteiger partial charge < -0.3 is 30.6 Å². The van der Waals surface area contributed by atoms with Crippen LogP contribution in [0, 0.1) is 17.8 Å². The summed E-state index contributed by atoms with van der Waals surface area (Å²) in [5.41, 5.74) is 0.966. The Morgan fingerprint density at radius 3 is 2.22 bits per heavy atom. The van der Waals surface area contributed by atoms with Gasteiger partial charge in [-0.15, -0.1) is 0 Å². The molecule has 0 unspecified atom stereocenters. The summed E-state index contributed by atoms with van der Waals surface area (Å²) < 4.78 is 0. The molecule has 0 aromatic heterocycles. The standard InChI is InChI=1S/C36H60N4O5/c1-5-6-17-30(36(45)38-31(24-28-15-11-8-12-16-28)34(43)32(41)22-26(2)3)37-35(44)29(23-27-13-9-7-10-14-27)25-33(42)40-20-18-39(4)19-21-40/h7,9-10,13-14,26,28-32,34,41,43H,5-6,8,11-12,15-25H2,1-4H3,(H,37,44)(H,38,45)/t29-,30+,31+,32+,34-/m1/s1. The highest BCUT2D eigenvalue weighted by Crippen LogP contribution is 2.29. The summed E-state index contributed by atoms with van der Waals surface area (Å²) in [5.74, 6) is -0.715. The normalized spacial score (nSPS) is 19.8. The molecule has 1 aromatic rings. The van der Waals surface area contributed by atoms with Crippen molar-refractivity contribution >= 4 is 17.7 Å². The van der Waals surface area contributed by atoms with Crippen LogP contribution in [0.15, 0.2) is 30.3 Å². The molecule has 3 rings (SSSR count). The third-order valence-corrected chi connectivity index (χ3v) is 9.61. The molecule has 1 saturated heterocycles. The third kappa shape index (κ3) is 12.7. The van der Waals surface area contributed by atoms with Gasteiger partial charge in [-0.3, -0.25) is 14.4 Å². The van der Waals surface area contributed by atoms with Crippen molar-refractivity contribution in [3.8, 4) is 0 Å². The summed E-state index contributed by atoms with van der Waals surface area (Å²) in [6, 6.07) is 8.30. The highest BCUT2D eigenvalue weighted by Gasteiger charge is 2.34. The fraction of sp³-hybridized carbons (Fsp3) is 0.750. The SMILES string of the molecule is CCCC[C@H](NC(=O)[C@@H](CC(=O)N1CCN(C)CC1)Cc1ccccc1)C(=O)N[C@@H](CC1CCCCC1)[C@@H](O)[C@@H](O)CC(C)C. The number of carbonyl (C=O) groups excluding carboxylic acids is 3. The molecule has 4 N–H and O–H groups in total. The zero-order valence-electron chi connectivity index (χ0n) is 28.3. The van der Waals surface area contributed by atoms with Gasteiger partial charge in [-0.25, -0.2) is 0 Å². The van der Waals surface area contributed by atoms with Crippen molar-refractivity contribution in [3.63, 3.8) is 0 Å². The van der Waals surface area contributed by atoms with Crippen LogP contribution in [-0.4, -0.2) is 95.3 Å². The second-order valence-corrected chi connectivity index (χ2v) is 14.0. The molecular formula is C36H60N4O5. The van der Waals surface area contributed by atoms with Crippen LogP contribution in [0.1, 0.15) is 97.0 Å². The van der Waals surface area contributed by atoms with Crippen LogP contribution in [0.3, 0.4) is 0 Å². The highest BCUT2D eigenvalue weighted by molar-refractivity contribution is 5.91. The van der Waals surface area contributed by atoms with Crippen LogP contribution >= 0.6 is 0 Å². The molecular weight excluding hydrogens is 568 g/mol. The molecule has 1 aliphatic heterocycles. The summed E-state index contributed by atoms with van der Waals surface area (Å²) in [6.07, 6.45) is 7.14. The van der Waals surface area contributed by atoms with Crippen molar-refractivity contribution in [2.75, 3.05) is 33.2 Å². The predicted octanol–water partition coefficient (Wildman–Crippen LogP) is 3.91. The van der Waals surface area contributed by atoms with Gasteiger partial charge in [-0.1, -0.05) is 96.0 Å². The Labute approximate surface area is 271 Å². The molecule has 1 saturated carbocycles. The molecule has 254 valence electrons. The summed E-state index contributed by atoms with van der Waals surface area (Å²) in [7, 11) is 2.04. The molecule has 1 heterocycles. The van der Waals surface area contributed by atoms with E-state index in [1.807, 2.05) is 63.1 Å². The lowest BCUT2D eigenvalue weighted by Gasteiger charge is -2.34. The van der Waals surface area contributed by atoms with E-state index in [1.54, 1.807) is 0 Å². The quantitative estimate of drug-likeness (QED) is 0.208. The van der Waals surface area contributed by atoms with Gasteiger partial charge in [0.15, 0.2) is 0 Å². The van der Waals surface area contributed by atoms with E-state index in [0.29, 0.717) is 44.7 Å². The number of unbranched alkanes of at least 4 members (excludes halogenated alkanes) is 1. The van der Waals surface area contributed by atoms with Crippen molar-refractivity contribution in [1.82, 2.24) is 20.4 Å². The van der Waals surface area contributed by atoms with E-state index < -0.39 is 30.2 Å². The number of piperazine rings is 1. The van der Waals surface area contributed by atoms with Crippen LogP contribution in [0.2, 0.25) is 0 Å². The molecule has 9 nitrogen and oxygen atoms in total. The Morgan fingerprint density at radius 2 is 1.60 bits per heavy atom. The maximum Gasteiger partial charge on any atom is 0.242 e. The third-order valence-electron chi connectivity index (χ3n) is 9.61. The van der Waals surface area contributed by atoms with E-state index in [2.05, 4.69) is 15.5 Å². The maximum atomic E-state index is 13.9. The number of aliphatic hydroxyl groups is 2. The number of amides is 3. The Bertz CT molecular complexity index is 1020. The molecule has 3 amide bonds. The molecule has 0 bridgehead atoms. The number of carbonyl (C=O) groups is 3. The minimum atomic E-state index is -1.09. The molecule has 0 radical (unpaired) electrons. The Kier molecular flexibility index (Phi) is 15.8. The van der Waals surface area contributed by atoms with Gasteiger partial charge in [0.2, 0.25) is 17.7 Å². The van der Waals surface area contributed by atoms with Crippen molar-refractivity contribution in [1.29, 1.82) is 0 Å². The van der Waals surface area contributed by atoms with Crippen LogP contribution in [0.4, 0.5) is 0 Å². The second kappa shape index (κ2) is 19.2. The average Bonchev–Trinajstić information content (AvgIpc) is 3.02. The van der Waals surface area contributed by atoms with E-state index in [4.69, 9.17) is 0 Å². The number of hydrogen-bond donors (Lipinski definition) is 4. The molecule has 2 fully saturated rings. The molecule has 1 aromatic carbocycles. The Hall–Kier alpha value is -2.49. The average molecular weight is 629 g/mol. The van der Waals surface area contributed by atoms with Crippen molar-refractivity contribution in [3.05, 3.63) is 35.9 Å². The molecule has 1 aliphatic carbocycles. The number of benzene rings is 1. The number of hydrogen-bond acceptors (Lipinski definition) is 6. The first-order valence-electron chi connectivity index (χ1n) is 17.5. The summed E-state index contributed by atoms with van der Waals surface area (Å²) in [6.45, 7) is 8.94. The lowest BCUT2D eigenvalue weighted by molar-refractivity contribution is -0.138. The molecule has 9 heteroatoms. The van der Waals surface area contributed by atoms with Gasteiger partial charge in [-0.2, -0.15) is 0 Å². The van der Waals surface area contributed by atoms with Gasteiger partial charge in [0.05, 0.1) is 18.1 Å². The van der Waals surface area contributed by atoms with Crippen LogP contribution in [0.5, 0.6) is 0 Å². The molecule has 0 spiro atoms. The number of likely N-dealkylation sites (N-methyl/N-ethyl adjacent to an activating group) is 1. The first kappa shape index (κ1) is 37.0. The van der Waals surface area contributed by atoms with E-state index >= 15 is 0 Å². The van der Waals surface area contributed by atoms with Crippen LogP contribution in [-0.2, 0) is 20.8 Å². The number of nitrogens with one attached hydrogen (secondary N) is 2. The van der Waals surface area contributed by atoms with Gasteiger partial charge in [0.1, 0.15) is 12.1 Å². The van der Waals surface area contributed by atoms with E-state index in [9.17, 15) is 24.6 Å². The molecule has 2 aliphatic rings. The van der Waals surface area contributed by atoms with E-state index in [1.165, 1.54) is 6.42 Å². The van der Waals surface area contributed by atoms with Gasteiger partial charge in [0, 0.05) is 32.6 Å². The number of nitrogens with zero attached hydrogens (tertiary/aromatic N) is 2. The van der Waals surface area contributed by atoms with Crippen molar-refractivity contribution in [2.45, 2.75) is 122 Å². The minimum absolute atomic E-state index is 0.0384. The predicted molar refractivity (Wildman–Crippen MR) is 178 cm³/mol. The van der Waals surface area contributed by atoms with Crippen molar-refractivity contribution < 1.29 is 24.6 Å². The zero-order chi connectivity index (χ0) is 32.8. The fourth-order valence-electron chi connectivity index (χ4n) is 6.76. The van der Waals surface area contributed by atoms with Crippen LogP contribution < -0.4 is 10.6 Å². The highest BCUT2D eigenvalue weighted by atomic mass is 16.3. The smallest absolute Gasteiger partial charge is 0.242 e. The first-order valence-corrected chi connectivity index (χ1v) is 17.5. The fourth-order valence-corrected chi connectivity index (χ4v) is 6.76. The maximum absolute atomic E-state index is 13.9.